The Labute approximate surface area is 149 Å². The maximum atomic E-state index is 14.2. The minimum absolute atomic E-state index is 0.0309. The van der Waals surface area contributed by atoms with E-state index in [0.717, 1.165) is 15.2 Å². The van der Waals surface area contributed by atoms with E-state index < -0.39 is 35.7 Å². The number of nitrogens with zero attached hydrogens (tertiary/aromatic N) is 2. The Morgan fingerprint density at radius 1 is 1.44 bits per heavy atom. The molecule has 1 saturated heterocycles. The van der Waals surface area contributed by atoms with Crippen molar-refractivity contribution in [3.05, 3.63) is 56.8 Å². The summed E-state index contributed by atoms with van der Waals surface area (Å²) in [7, 11) is 0. The van der Waals surface area contributed by atoms with Gasteiger partial charge in [0.2, 0.25) is 0 Å². The zero-order valence-electron chi connectivity index (χ0n) is 12.7. The lowest BCUT2D eigenvalue weighted by Crippen LogP contribution is -2.30. The zero-order chi connectivity index (χ0) is 18.0. The third-order valence-electron chi connectivity index (χ3n) is 3.44. The summed E-state index contributed by atoms with van der Waals surface area (Å²) in [5.74, 6) is -1.98. The van der Waals surface area contributed by atoms with Gasteiger partial charge in [0.15, 0.2) is 24.2 Å². The fourth-order valence-electron chi connectivity index (χ4n) is 2.21. The minimum Gasteiger partial charge on any atom is -0.391 e. The predicted octanol–water partition coefficient (Wildman–Crippen LogP) is 1.26. The number of hydrogen-bond donors (Lipinski definition) is 2. The fraction of sp³-hybridized carbons (Fsp3) is 0.267. The van der Waals surface area contributed by atoms with Gasteiger partial charge in [-0.2, -0.15) is 4.98 Å². The molecule has 1 amide bonds. The monoisotopic (exact) mass is 413 g/mol. The number of aromatic nitrogens is 2. The third kappa shape index (κ3) is 3.93. The summed E-state index contributed by atoms with van der Waals surface area (Å²) in [6, 6.07) is 6.39. The molecule has 0 saturated carbocycles. The molecule has 0 radical (unpaired) electrons. The second-order valence-corrected chi connectivity index (χ2v) is 6.04. The predicted molar refractivity (Wildman–Crippen MR) is 87.5 cm³/mol. The molecule has 25 heavy (non-hydrogen) atoms. The molecule has 0 spiro atoms. The van der Waals surface area contributed by atoms with Crippen LogP contribution in [0.2, 0.25) is 0 Å². The van der Waals surface area contributed by atoms with E-state index in [2.05, 4.69) is 26.2 Å². The normalized spacial score (nSPS) is 19.8. The van der Waals surface area contributed by atoms with E-state index >= 15 is 0 Å². The van der Waals surface area contributed by atoms with Gasteiger partial charge in [-0.1, -0.05) is 15.9 Å². The first-order valence-corrected chi connectivity index (χ1v) is 8.00. The first-order chi connectivity index (χ1) is 12.0. The van der Waals surface area contributed by atoms with Crippen molar-refractivity contribution in [2.24, 2.45) is 0 Å². The Morgan fingerprint density at radius 3 is 2.80 bits per heavy atom. The Balaban J connectivity index is 1.79. The number of nitrogens with one attached hydrogen (secondary N) is 1. The Morgan fingerprint density at radius 2 is 2.16 bits per heavy atom. The van der Waals surface area contributed by atoms with Gasteiger partial charge in [0.05, 0.1) is 19.4 Å². The van der Waals surface area contributed by atoms with Crippen LogP contribution in [0.4, 0.5) is 10.2 Å². The number of aliphatic hydroxyl groups excluding tert-OH is 1. The highest BCUT2D eigenvalue weighted by molar-refractivity contribution is 9.10. The van der Waals surface area contributed by atoms with Crippen LogP contribution in [-0.2, 0) is 9.47 Å². The second kappa shape index (κ2) is 7.40. The molecule has 1 aliphatic heterocycles. The molecule has 1 aromatic heterocycles. The lowest BCUT2D eigenvalue weighted by Gasteiger charge is -2.13. The number of rotatable bonds is 4. The number of anilines is 1. The first-order valence-electron chi connectivity index (χ1n) is 7.21. The summed E-state index contributed by atoms with van der Waals surface area (Å²) in [6.45, 7) is -0.417. The maximum Gasteiger partial charge on any atom is 0.351 e. The van der Waals surface area contributed by atoms with E-state index in [-0.39, 0.29) is 18.8 Å². The molecule has 1 aromatic carbocycles. The summed E-state index contributed by atoms with van der Waals surface area (Å²) in [4.78, 5) is 27.7. The lowest BCUT2D eigenvalue weighted by molar-refractivity contribution is -0.0993. The van der Waals surface area contributed by atoms with Gasteiger partial charge in [-0.3, -0.25) is 9.36 Å². The molecule has 2 aromatic rings. The highest BCUT2D eigenvalue weighted by Gasteiger charge is 2.28. The fourth-order valence-corrected chi connectivity index (χ4v) is 2.47. The van der Waals surface area contributed by atoms with Gasteiger partial charge < -0.3 is 19.9 Å². The van der Waals surface area contributed by atoms with Crippen LogP contribution in [0.15, 0.2) is 39.7 Å². The van der Waals surface area contributed by atoms with Crippen LogP contribution < -0.4 is 11.0 Å². The van der Waals surface area contributed by atoms with Crippen LogP contribution in [0.25, 0.3) is 0 Å². The Hall–Kier alpha value is -2.14. The largest absolute Gasteiger partial charge is 0.391 e. The van der Waals surface area contributed by atoms with Crippen molar-refractivity contribution >= 4 is 27.7 Å². The summed E-state index contributed by atoms with van der Waals surface area (Å²) in [5.41, 5.74) is -0.536. The number of carbonyl (C=O) groups excluding carboxylic acids is 1. The molecule has 1 fully saturated rings. The molecule has 10 heteroatoms. The van der Waals surface area contributed by atoms with Crippen molar-refractivity contribution in [1.29, 1.82) is 0 Å². The molecule has 0 aliphatic carbocycles. The number of carbonyl (C=O) groups is 1. The molecule has 3 rings (SSSR count). The first kappa shape index (κ1) is 17.7. The minimum atomic E-state index is -0.902. The van der Waals surface area contributed by atoms with Crippen LogP contribution >= 0.6 is 15.9 Å². The number of ether oxygens (including phenoxy) is 2. The molecule has 2 unspecified atom stereocenters. The van der Waals surface area contributed by atoms with Gasteiger partial charge in [0.25, 0.3) is 5.91 Å². The maximum absolute atomic E-state index is 14.2. The van der Waals surface area contributed by atoms with Crippen molar-refractivity contribution in [2.75, 3.05) is 18.5 Å². The van der Waals surface area contributed by atoms with Gasteiger partial charge in [0.1, 0.15) is 0 Å². The number of aliphatic hydroxyl groups is 1. The summed E-state index contributed by atoms with van der Waals surface area (Å²) < 4.78 is 26.2. The average molecular weight is 414 g/mol. The lowest BCUT2D eigenvalue weighted by atomic mass is 10.2. The summed E-state index contributed by atoms with van der Waals surface area (Å²) in [6.07, 6.45) is -0.903. The smallest absolute Gasteiger partial charge is 0.351 e. The van der Waals surface area contributed by atoms with E-state index in [1.807, 2.05) is 0 Å². The zero-order valence-corrected chi connectivity index (χ0v) is 14.3. The van der Waals surface area contributed by atoms with Crippen LogP contribution in [0.1, 0.15) is 16.6 Å². The quantitative estimate of drug-likeness (QED) is 0.781. The van der Waals surface area contributed by atoms with E-state index in [9.17, 15) is 14.0 Å². The molecule has 132 valence electrons. The third-order valence-corrected chi connectivity index (χ3v) is 3.97. The highest BCUT2D eigenvalue weighted by Crippen LogP contribution is 2.20. The van der Waals surface area contributed by atoms with Crippen LogP contribution in [0, 0.1) is 5.82 Å². The molecule has 0 bridgehead atoms. The van der Waals surface area contributed by atoms with E-state index in [1.165, 1.54) is 12.1 Å². The van der Waals surface area contributed by atoms with Crippen molar-refractivity contribution < 1.29 is 23.8 Å². The van der Waals surface area contributed by atoms with Gasteiger partial charge >= 0.3 is 5.69 Å². The topological polar surface area (TPSA) is 103 Å². The molecule has 2 N–H and O–H groups in total. The molecular formula is C15H13BrFN3O5. The van der Waals surface area contributed by atoms with Crippen LogP contribution in [0.5, 0.6) is 0 Å². The van der Waals surface area contributed by atoms with Crippen LogP contribution in [-0.4, -0.2) is 40.1 Å². The van der Waals surface area contributed by atoms with Gasteiger partial charge in [-0.25, -0.2) is 9.18 Å². The van der Waals surface area contributed by atoms with Gasteiger partial charge in [-0.15, -0.1) is 0 Å². The number of amides is 1. The van der Waals surface area contributed by atoms with Crippen molar-refractivity contribution in [2.45, 2.75) is 12.5 Å². The number of benzene rings is 1. The van der Waals surface area contributed by atoms with Crippen LogP contribution in [0.3, 0.4) is 0 Å². The standard InChI is InChI=1S/C15H13BrFN3O5/c16-9-3-1-8(2-4-9)14(22)18-13-10(17)5-20(15(23)19-13)11-7-24-12(6-21)25-11/h1-5,11-12,21H,6-7H2,(H,18,19,22,23). The van der Waals surface area contributed by atoms with E-state index in [1.54, 1.807) is 12.1 Å². The van der Waals surface area contributed by atoms with E-state index in [4.69, 9.17) is 14.6 Å². The highest BCUT2D eigenvalue weighted by atomic mass is 79.9. The van der Waals surface area contributed by atoms with Gasteiger partial charge in [0, 0.05) is 10.0 Å². The number of halogens is 2. The molecule has 2 heterocycles. The molecule has 1 aliphatic rings. The number of hydrogen-bond acceptors (Lipinski definition) is 6. The average Bonchev–Trinajstić information content (AvgIpc) is 3.07. The van der Waals surface area contributed by atoms with Gasteiger partial charge in [-0.05, 0) is 24.3 Å². The summed E-state index contributed by atoms with van der Waals surface area (Å²) >= 11 is 3.25. The van der Waals surface area contributed by atoms with Crippen molar-refractivity contribution in [3.8, 4) is 0 Å². The van der Waals surface area contributed by atoms with Crippen molar-refractivity contribution in [3.63, 3.8) is 0 Å². The molecule has 8 nitrogen and oxygen atoms in total. The Kier molecular flexibility index (Phi) is 5.23. The molecular weight excluding hydrogens is 401 g/mol. The molecule has 2 atom stereocenters. The second-order valence-electron chi connectivity index (χ2n) is 5.12. The van der Waals surface area contributed by atoms with E-state index in [0.29, 0.717) is 0 Å². The van der Waals surface area contributed by atoms with Crippen molar-refractivity contribution in [1.82, 2.24) is 9.55 Å². The SMILES string of the molecule is O=C(Nc1nc(=O)n(C2COC(CO)O2)cc1F)c1ccc(Br)cc1. The summed E-state index contributed by atoms with van der Waals surface area (Å²) in [5, 5.41) is 11.2. The Bertz CT molecular complexity index is 842.